The fourth-order valence-electron chi connectivity index (χ4n) is 1.23. The Balaban J connectivity index is 3.23. The van der Waals surface area contributed by atoms with E-state index in [1.165, 1.54) is 6.26 Å². The lowest BCUT2D eigenvalue weighted by atomic mass is 10.2. The predicted molar refractivity (Wildman–Crippen MR) is 63.8 cm³/mol. The Kier molecular flexibility index (Phi) is 3.88. The van der Waals surface area contributed by atoms with E-state index in [4.69, 9.17) is 11.6 Å². The third-order valence-corrected chi connectivity index (χ3v) is 2.89. The van der Waals surface area contributed by atoms with E-state index in [0.29, 0.717) is 16.3 Å². The van der Waals surface area contributed by atoms with Gasteiger partial charge in [-0.25, -0.2) is 8.42 Å². The smallest absolute Gasteiger partial charge is 0.151 e. The maximum atomic E-state index is 11.2. The van der Waals surface area contributed by atoms with Crippen molar-refractivity contribution in [2.75, 3.05) is 6.26 Å². The zero-order valence-corrected chi connectivity index (χ0v) is 10.1. The Hall–Kier alpha value is -0.870. The zero-order chi connectivity index (χ0) is 11.5. The minimum Gasteiger partial charge on any atom is -0.260 e. The van der Waals surface area contributed by atoms with Crippen molar-refractivity contribution in [2.24, 2.45) is 4.99 Å². The second-order valence-electron chi connectivity index (χ2n) is 3.20. The number of aliphatic imine (C=N–C) groups is 1. The van der Waals surface area contributed by atoms with Crippen molar-refractivity contribution in [3.05, 3.63) is 28.8 Å². The third kappa shape index (κ3) is 3.64. The summed E-state index contributed by atoms with van der Waals surface area (Å²) in [6, 6.07) is 5.13. The molecule has 0 aliphatic rings. The number of hydrogen-bond donors (Lipinski definition) is 0. The van der Waals surface area contributed by atoms with Gasteiger partial charge >= 0.3 is 0 Å². The monoisotopic (exact) mass is 245 g/mol. The Bertz CT molecular complexity index is 480. The van der Waals surface area contributed by atoms with Crippen LogP contribution in [0.4, 0.5) is 5.69 Å². The molecule has 1 rings (SSSR count). The summed E-state index contributed by atoms with van der Waals surface area (Å²) in [5, 5.41) is 0.467. The molecule has 3 nitrogen and oxygen atoms in total. The van der Waals surface area contributed by atoms with Crippen molar-refractivity contribution in [1.82, 2.24) is 0 Å². The topological polar surface area (TPSA) is 46.5 Å². The van der Waals surface area contributed by atoms with E-state index >= 15 is 0 Å². The molecule has 0 saturated carbocycles. The molecule has 0 spiro atoms. The average molecular weight is 246 g/mol. The van der Waals surface area contributed by atoms with Gasteiger partial charge in [0.1, 0.15) is 0 Å². The maximum absolute atomic E-state index is 11.2. The lowest BCUT2D eigenvalue weighted by molar-refractivity contribution is 0.601. The first-order valence-electron chi connectivity index (χ1n) is 4.38. The van der Waals surface area contributed by atoms with Gasteiger partial charge in [-0.15, -0.1) is 0 Å². The predicted octanol–water partition coefficient (Wildman–Crippen LogP) is 2.61. The summed E-state index contributed by atoms with van der Waals surface area (Å²) in [6.07, 6.45) is 2.78. The molecule has 15 heavy (non-hydrogen) atoms. The summed E-state index contributed by atoms with van der Waals surface area (Å²) >= 11 is 5.93. The quantitative estimate of drug-likeness (QED) is 0.769. The summed E-state index contributed by atoms with van der Waals surface area (Å²) in [7, 11) is -3.07. The van der Waals surface area contributed by atoms with Crippen molar-refractivity contribution in [2.45, 2.75) is 12.7 Å². The van der Waals surface area contributed by atoms with Crippen LogP contribution in [0.5, 0.6) is 0 Å². The molecule has 82 valence electrons. The van der Waals surface area contributed by atoms with Gasteiger partial charge in [0.25, 0.3) is 0 Å². The molecule has 0 N–H and O–H groups in total. The van der Waals surface area contributed by atoms with E-state index in [1.54, 1.807) is 31.3 Å². The molecule has 0 unspecified atom stereocenters. The van der Waals surface area contributed by atoms with Gasteiger partial charge in [0.05, 0.1) is 16.5 Å². The van der Waals surface area contributed by atoms with E-state index in [2.05, 4.69) is 4.99 Å². The number of para-hydroxylation sites is 1. The van der Waals surface area contributed by atoms with Gasteiger partial charge in [-0.05, 0) is 18.6 Å². The van der Waals surface area contributed by atoms with Gasteiger partial charge in [-0.1, -0.05) is 23.7 Å². The Morgan fingerprint density at radius 3 is 2.67 bits per heavy atom. The lowest BCUT2D eigenvalue weighted by Gasteiger charge is -2.05. The van der Waals surface area contributed by atoms with Crippen LogP contribution in [-0.4, -0.2) is 20.9 Å². The van der Waals surface area contributed by atoms with Gasteiger partial charge in [0.15, 0.2) is 9.84 Å². The Morgan fingerprint density at radius 2 is 2.13 bits per heavy atom. The number of sulfone groups is 1. The molecule has 0 atom stereocenters. The van der Waals surface area contributed by atoms with Crippen LogP contribution in [0.25, 0.3) is 0 Å². The molecule has 0 amide bonds. The van der Waals surface area contributed by atoms with Crippen LogP contribution < -0.4 is 0 Å². The number of benzene rings is 1. The molecule has 0 aliphatic carbocycles. The van der Waals surface area contributed by atoms with Crippen LogP contribution in [0.2, 0.25) is 5.02 Å². The fourth-order valence-corrected chi connectivity index (χ4v) is 2.27. The second-order valence-corrected chi connectivity index (χ2v) is 5.75. The van der Waals surface area contributed by atoms with Gasteiger partial charge in [-0.2, -0.15) is 0 Å². The van der Waals surface area contributed by atoms with E-state index in [0.717, 1.165) is 0 Å². The Morgan fingerprint density at radius 1 is 1.47 bits per heavy atom. The molecule has 0 radical (unpaired) electrons. The van der Waals surface area contributed by atoms with Gasteiger partial charge < -0.3 is 0 Å². The highest BCUT2D eigenvalue weighted by molar-refractivity contribution is 7.89. The van der Waals surface area contributed by atoms with Crippen molar-refractivity contribution >= 4 is 33.3 Å². The highest BCUT2D eigenvalue weighted by Gasteiger charge is 2.10. The largest absolute Gasteiger partial charge is 0.260 e. The van der Waals surface area contributed by atoms with Crippen LogP contribution in [0.15, 0.2) is 23.2 Å². The summed E-state index contributed by atoms with van der Waals surface area (Å²) in [5.41, 5.74) is 1.16. The van der Waals surface area contributed by atoms with Crippen molar-refractivity contribution in [1.29, 1.82) is 0 Å². The van der Waals surface area contributed by atoms with E-state index < -0.39 is 9.84 Å². The summed E-state index contributed by atoms with van der Waals surface area (Å²) in [5.74, 6) is -0.0414. The Labute approximate surface area is 94.7 Å². The molecule has 0 saturated heterocycles. The first kappa shape index (κ1) is 12.2. The van der Waals surface area contributed by atoms with Gasteiger partial charge in [0.2, 0.25) is 0 Å². The minimum absolute atomic E-state index is 0.0414. The van der Waals surface area contributed by atoms with Gasteiger partial charge in [0, 0.05) is 12.5 Å². The number of halogens is 1. The molecule has 0 bridgehead atoms. The standard InChI is InChI=1S/C10H12ClNO2S/c1-3-12-10-8(7-15(2,13)14)5-4-6-9(10)11/h3-6H,7H2,1-2H3. The van der Waals surface area contributed by atoms with Crippen LogP contribution in [0.3, 0.4) is 0 Å². The SMILES string of the molecule is CC=Nc1c(Cl)cccc1CS(C)(=O)=O. The molecule has 1 aromatic rings. The molecular formula is C10H12ClNO2S. The molecule has 1 aromatic carbocycles. The van der Waals surface area contributed by atoms with Crippen molar-refractivity contribution in [3.63, 3.8) is 0 Å². The molecular weight excluding hydrogens is 234 g/mol. The summed E-state index contributed by atoms with van der Waals surface area (Å²) in [4.78, 5) is 4.07. The minimum atomic E-state index is -3.07. The van der Waals surface area contributed by atoms with Crippen LogP contribution in [0, 0.1) is 0 Å². The van der Waals surface area contributed by atoms with Crippen LogP contribution in [-0.2, 0) is 15.6 Å². The van der Waals surface area contributed by atoms with E-state index in [9.17, 15) is 8.42 Å². The third-order valence-electron chi connectivity index (χ3n) is 1.75. The first-order valence-corrected chi connectivity index (χ1v) is 6.81. The number of nitrogens with zero attached hydrogens (tertiary/aromatic N) is 1. The zero-order valence-electron chi connectivity index (χ0n) is 8.57. The number of rotatable bonds is 3. The van der Waals surface area contributed by atoms with E-state index in [1.807, 2.05) is 0 Å². The van der Waals surface area contributed by atoms with Crippen LogP contribution in [0.1, 0.15) is 12.5 Å². The first-order chi connectivity index (χ1) is 6.94. The second kappa shape index (κ2) is 4.77. The van der Waals surface area contributed by atoms with Gasteiger partial charge in [-0.3, -0.25) is 4.99 Å². The fraction of sp³-hybridized carbons (Fsp3) is 0.300. The highest BCUT2D eigenvalue weighted by atomic mass is 35.5. The average Bonchev–Trinajstić information content (AvgIpc) is 2.08. The summed E-state index contributed by atoms with van der Waals surface area (Å²) in [6.45, 7) is 1.76. The molecule has 0 aliphatic heterocycles. The molecule has 0 aromatic heterocycles. The normalized spacial score (nSPS) is 12.2. The summed E-state index contributed by atoms with van der Waals surface area (Å²) < 4.78 is 22.3. The maximum Gasteiger partial charge on any atom is 0.151 e. The lowest BCUT2D eigenvalue weighted by Crippen LogP contribution is -2.01. The number of hydrogen-bond acceptors (Lipinski definition) is 3. The molecule has 0 fully saturated rings. The van der Waals surface area contributed by atoms with Crippen LogP contribution >= 0.6 is 11.6 Å². The molecule has 0 heterocycles. The van der Waals surface area contributed by atoms with Crippen molar-refractivity contribution < 1.29 is 8.42 Å². The van der Waals surface area contributed by atoms with E-state index in [-0.39, 0.29) is 5.75 Å². The van der Waals surface area contributed by atoms with Crippen molar-refractivity contribution in [3.8, 4) is 0 Å². The molecule has 5 heteroatoms. The highest BCUT2D eigenvalue weighted by Crippen LogP contribution is 2.29.